The highest BCUT2D eigenvalue weighted by atomic mass is 19.1. The molecule has 3 rings (SSSR count). The summed E-state index contributed by atoms with van der Waals surface area (Å²) in [5, 5.41) is 13.5. The lowest BCUT2D eigenvalue weighted by Gasteiger charge is -2.13. The van der Waals surface area contributed by atoms with Crippen LogP contribution in [0.3, 0.4) is 0 Å². The maximum Gasteiger partial charge on any atom is 0.222 e. The van der Waals surface area contributed by atoms with Crippen LogP contribution in [-0.2, 0) is 17.9 Å². The predicted molar refractivity (Wildman–Crippen MR) is 116 cm³/mol. The predicted octanol–water partition coefficient (Wildman–Crippen LogP) is 5.23. The van der Waals surface area contributed by atoms with Crippen molar-refractivity contribution < 1.29 is 9.18 Å². The van der Waals surface area contributed by atoms with Gasteiger partial charge in [-0.25, -0.2) is 9.38 Å². The number of nitrogens with one attached hydrogen (secondary N) is 2. The molecule has 5 nitrogen and oxygen atoms in total. The number of amidine groups is 1. The third-order valence-corrected chi connectivity index (χ3v) is 4.55. The molecule has 1 amide bonds. The van der Waals surface area contributed by atoms with Gasteiger partial charge in [-0.15, -0.1) is 0 Å². The fourth-order valence-corrected chi connectivity index (χ4v) is 2.99. The molecule has 1 aliphatic rings. The van der Waals surface area contributed by atoms with Crippen molar-refractivity contribution in [2.24, 2.45) is 4.99 Å². The van der Waals surface area contributed by atoms with Gasteiger partial charge >= 0.3 is 0 Å². The summed E-state index contributed by atoms with van der Waals surface area (Å²) in [5.41, 5.74) is 3.75. The highest BCUT2D eigenvalue weighted by Gasteiger charge is 2.22. The molecule has 1 heterocycles. The van der Waals surface area contributed by atoms with E-state index in [-0.39, 0.29) is 17.6 Å². The molecular formula is C23H27FN4O. The van der Waals surface area contributed by atoms with Gasteiger partial charge < -0.3 is 10.3 Å². The molecule has 0 unspecified atom stereocenters. The number of carbonyl (C=O) groups excluding carboxylic acids is 1. The molecule has 0 aliphatic carbocycles. The van der Waals surface area contributed by atoms with E-state index in [1.54, 1.807) is 18.3 Å². The smallest absolute Gasteiger partial charge is 0.222 e. The minimum absolute atomic E-state index is 0.0171. The fraction of sp³-hybridized carbons (Fsp3) is 0.304. The molecule has 29 heavy (non-hydrogen) atoms. The number of carbonyl (C=O) groups is 1. The van der Waals surface area contributed by atoms with E-state index in [9.17, 15) is 9.18 Å². The number of aliphatic imine (C=N–C) groups is 1. The summed E-state index contributed by atoms with van der Waals surface area (Å²) in [4.78, 5) is 17.2. The highest BCUT2D eigenvalue weighted by molar-refractivity contribution is 6.28. The van der Waals surface area contributed by atoms with Gasteiger partial charge in [0.25, 0.3) is 0 Å². The number of benzene rings is 2. The Morgan fingerprint density at radius 3 is 2.55 bits per heavy atom. The Kier molecular flexibility index (Phi) is 8.40. The number of hydrogen-bond donors (Lipinski definition) is 2. The van der Waals surface area contributed by atoms with Gasteiger partial charge in [0.2, 0.25) is 5.91 Å². The van der Waals surface area contributed by atoms with Crippen LogP contribution < -0.4 is 0 Å². The molecule has 2 aromatic carbocycles. The van der Waals surface area contributed by atoms with Gasteiger partial charge in [0.15, 0.2) is 5.84 Å². The van der Waals surface area contributed by atoms with Crippen molar-refractivity contribution in [3.05, 3.63) is 59.4 Å². The van der Waals surface area contributed by atoms with Crippen molar-refractivity contribution in [2.45, 2.75) is 46.2 Å². The Balaban J connectivity index is 0.000000284. The van der Waals surface area contributed by atoms with E-state index >= 15 is 0 Å². The summed E-state index contributed by atoms with van der Waals surface area (Å²) >= 11 is 0. The standard InChI is InChI=1S/C17H16FNO.C6H11N3/c1-2-17(20)19-10-13-8-7-12(9-14(13)11-19)15-5-3-4-6-16(15)18;1-2-3-4-9-6(8)5-7/h3-9H,2,10-11H2,1H3;4-5,7-8H,2-3H2,1H3. The third-order valence-electron chi connectivity index (χ3n) is 4.55. The van der Waals surface area contributed by atoms with Crippen molar-refractivity contribution in [3.63, 3.8) is 0 Å². The quantitative estimate of drug-likeness (QED) is 0.528. The van der Waals surface area contributed by atoms with E-state index in [0.29, 0.717) is 25.1 Å². The number of nitrogens with zero attached hydrogens (tertiary/aromatic N) is 2. The molecule has 6 heteroatoms. The Hall–Kier alpha value is -3.15. The molecule has 0 spiro atoms. The molecule has 0 aromatic heterocycles. The number of halogens is 1. The molecule has 0 saturated heterocycles. The van der Waals surface area contributed by atoms with E-state index in [1.165, 1.54) is 6.07 Å². The lowest BCUT2D eigenvalue weighted by Crippen LogP contribution is -2.23. The molecule has 0 atom stereocenters. The first kappa shape index (κ1) is 22.1. The largest absolute Gasteiger partial charge is 0.334 e. The van der Waals surface area contributed by atoms with Gasteiger partial charge in [-0.1, -0.05) is 50.6 Å². The zero-order valence-corrected chi connectivity index (χ0v) is 16.9. The van der Waals surface area contributed by atoms with E-state index in [0.717, 1.165) is 35.7 Å². The highest BCUT2D eigenvalue weighted by Crippen LogP contribution is 2.29. The van der Waals surface area contributed by atoms with Crippen LogP contribution >= 0.6 is 0 Å². The molecule has 0 bridgehead atoms. The second-order valence-electron chi connectivity index (χ2n) is 6.70. The molecular weight excluding hydrogens is 367 g/mol. The van der Waals surface area contributed by atoms with Crippen LogP contribution in [0.2, 0.25) is 0 Å². The minimum atomic E-state index is -0.216. The molecule has 2 aromatic rings. The summed E-state index contributed by atoms with van der Waals surface area (Å²) in [7, 11) is 0. The third kappa shape index (κ3) is 6.17. The van der Waals surface area contributed by atoms with E-state index in [2.05, 4.69) is 4.99 Å². The van der Waals surface area contributed by atoms with Crippen LogP contribution in [0.1, 0.15) is 44.2 Å². The fourth-order valence-electron chi connectivity index (χ4n) is 2.99. The number of unbranched alkanes of at least 4 members (excludes halogenated alkanes) is 1. The molecule has 1 aliphatic heterocycles. The average molecular weight is 394 g/mol. The van der Waals surface area contributed by atoms with Crippen molar-refractivity contribution in [1.82, 2.24) is 4.90 Å². The number of fused-ring (bicyclic) bond motifs is 1. The Morgan fingerprint density at radius 1 is 1.17 bits per heavy atom. The van der Waals surface area contributed by atoms with Gasteiger partial charge in [0.05, 0.1) is 6.21 Å². The zero-order valence-electron chi connectivity index (χ0n) is 16.9. The van der Waals surface area contributed by atoms with Gasteiger partial charge in [0, 0.05) is 31.3 Å². The lowest BCUT2D eigenvalue weighted by molar-refractivity contribution is -0.131. The topological polar surface area (TPSA) is 80.4 Å². The van der Waals surface area contributed by atoms with Gasteiger partial charge in [-0.05, 0) is 35.2 Å². The van der Waals surface area contributed by atoms with Gasteiger partial charge in [-0.2, -0.15) is 0 Å². The number of amides is 1. The average Bonchev–Trinajstić information content (AvgIpc) is 3.17. The Labute approximate surface area is 171 Å². The monoisotopic (exact) mass is 394 g/mol. The summed E-state index contributed by atoms with van der Waals surface area (Å²) in [6.45, 7) is 5.21. The summed E-state index contributed by atoms with van der Waals surface area (Å²) in [6.07, 6.45) is 5.03. The zero-order chi connectivity index (χ0) is 21.2. The van der Waals surface area contributed by atoms with Gasteiger partial charge in [-0.3, -0.25) is 10.2 Å². The van der Waals surface area contributed by atoms with Crippen molar-refractivity contribution >= 4 is 24.2 Å². The summed E-state index contributed by atoms with van der Waals surface area (Å²) in [5.74, 6) is -0.0379. The minimum Gasteiger partial charge on any atom is -0.334 e. The summed E-state index contributed by atoms with van der Waals surface area (Å²) in [6, 6.07) is 12.7. The van der Waals surface area contributed by atoms with Crippen LogP contribution in [0.15, 0.2) is 47.5 Å². The maximum absolute atomic E-state index is 13.8. The Morgan fingerprint density at radius 2 is 1.90 bits per heavy atom. The lowest BCUT2D eigenvalue weighted by atomic mass is 10.0. The van der Waals surface area contributed by atoms with E-state index in [1.807, 2.05) is 43.0 Å². The van der Waals surface area contributed by atoms with Crippen LogP contribution in [0.5, 0.6) is 0 Å². The molecule has 0 radical (unpaired) electrons. The number of rotatable bonds is 5. The molecule has 152 valence electrons. The van der Waals surface area contributed by atoms with Crippen molar-refractivity contribution in [3.8, 4) is 11.1 Å². The first-order chi connectivity index (χ1) is 14.0. The van der Waals surface area contributed by atoms with Crippen LogP contribution in [-0.4, -0.2) is 29.1 Å². The second kappa shape index (κ2) is 11.0. The van der Waals surface area contributed by atoms with Crippen LogP contribution in [0.25, 0.3) is 11.1 Å². The van der Waals surface area contributed by atoms with E-state index in [4.69, 9.17) is 10.8 Å². The van der Waals surface area contributed by atoms with Crippen molar-refractivity contribution in [1.29, 1.82) is 10.8 Å². The summed E-state index contributed by atoms with van der Waals surface area (Å²) < 4.78 is 13.8. The first-order valence-corrected chi connectivity index (χ1v) is 9.76. The molecule has 2 N–H and O–H groups in total. The maximum atomic E-state index is 13.8. The SMILES string of the molecule is CCC(=O)N1Cc2ccc(-c3ccccc3F)cc2C1.CCCC=NC(=N)C=N. The van der Waals surface area contributed by atoms with E-state index < -0.39 is 0 Å². The normalized spacial score (nSPS) is 12.3. The van der Waals surface area contributed by atoms with Gasteiger partial charge in [0.1, 0.15) is 5.82 Å². The number of hydrogen-bond acceptors (Lipinski definition) is 3. The first-order valence-electron chi connectivity index (χ1n) is 9.76. The second-order valence-corrected chi connectivity index (χ2v) is 6.70. The molecule has 0 fully saturated rings. The van der Waals surface area contributed by atoms with Crippen LogP contribution in [0.4, 0.5) is 4.39 Å². The Bertz CT molecular complexity index is 908. The van der Waals surface area contributed by atoms with Crippen molar-refractivity contribution in [2.75, 3.05) is 0 Å². The van der Waals surface area contributed by atoms with Crippen LogP contribution in [0, 0.1) is 16.6 Å². The molecule has 0 saturated carbocycles.